The maximum atomic E-state index is 13.1. The molecule has 1 heterocycles. The number of nitrogens with zero attached hydrogens (tertiary/aromatic N) is 1. The van der Waals surface area contributed by atoms with Gasteiger partial charge in [0.05, 0.1) is 5.69 Å². The minimum atomic E-state index is -1.63. The SMILES string of the molecule is CC(C)(C)OC(=O)Nc1cc(F)nc(F)c1F. The van der Waals surface area contributed by atoms with Gasteiger partial charge in [-0.05, 0) is 20.8 Å². The van der Waals surface area contributed by atoms with Gasteiger partial charge in [-0.3, -0.25) is 5.32 Å². The van der Waals surface area contributed by atoms with E-state index in [0.29, 0.717) is 6.07 Å². The maximum Gasteiger partial charge on any atom is 0.412 e. The van der Waals surface area contributed by atoms with Crippen molar-refractivity contribution in [1.29, 1.82) is 0 Å². The first kappa shape index (κ1) is 13.3. The quantitative estimate of drug-likeness (QED) is 0.777. The van der Waals surface area contributed by atoms with Crippen molar-refractivity contribution in [1.82, 2.24) is 4.98 Å². The molecule has 4 nitrogen and oxygen atoms in total. The Labute approximate surface area is 95.8 Å². The molecule has 1 rings (SSSR count). The predicted molar refractivity (Wildman–Crippen MR) is 54.0 cm³/mol. The monoisotopic (exact) mass is 248 g/mol. The Morgan fingerprint density at radius 1 is 1.35 bits per heavy atom. The number of pyridine rings is 1. The molecule has 0 saturated heterocycles. The summed E-state index contributed by atoms with van der Waals surface area (Å²) in [5, 5.41) is 1.89. The van der Waals surface area contributed by atoms with Gasteiger partial charge in [0.25, 0.3) is 5.95 Å². The zero-order chi connectivity index (χ0) is 13.2. The summed E-state index contributed by atoms with van der Waals surface area (Å²) in [7, 11) is 0. The van der Waals surface area contributed by atoms with Crippen LogP contribution in [0.15, 0.2) is 6.07 Å². The van der Waals surface area contributed by atoms with Crippen molar-refractivity contribution < 1.29 is 22.7 Å². The van der Waals surface area contributed by atoms with E-state index in [4.69, 9.17) is 4.74 Å². The fourth-order valence-corrected chi connectivity index (χ4v) is 0.973. The average molecular weight is 248 g/mol. The van der Waals surface area contributed by atoms with Crippen molar-refractivity contribution in [3.8, 4) is 0 Å². The van der Waals surface area contributed by atoms with Gasteiger partial charge in [0.2, 0.25) is 11.8 Å². The number of rotatable bonds is 1. The summed E-state index contributed by atoms with van der Waals surface area (Å²) in [6, 6.07) is 0.558. The number of aromatic nitrogens is 1. The summed E-state index contributed by atoms with van der Waals surface area (Å²) in [4.78, 5) is 13.9. The van der Waals surface area contributed by atoms with E-state index in [9.17, 15) is 18.0 Å². The van der Waals surface area contributed by atoms with Crippen LogP contribution >= 0.6 is 0 Å². The highest BCUT2D eigenvalue weighted by atomic mass is 19.2. The van der Waals surface area contributed by atoms with Gasteiger partial charge in [-0.15, -0.1) is 0 Å². The highest BCUT2D eigenvalue weighted by molar-refractivity contribution is 5.84. The number of amides is 1. The Hall–Kier alpha value is -1.79. The standard InChI is InChI=1S/C10H11F3N2O2/c1-10(2,3)17-9(16)14-5-4-6(11)15-8(13)7(5)12/h4H,1-3H3,(H,14,15,16). The molecule has 0 atom stereocenters. The molecule has 0 saturated carbocycles. The van der Waals surface area contributed by atoms with Gasteiger partial charge in [0.1, 0.15) is 5.60 Å². The fraction of sp³-hybridized carbons (Fsp3) is 0.400. The smallest absolute Gasteiger partial charge is 0.412 e. The second kappa shape index (κ2) is 4.60. The van der Waals surface area contributed by atoms with Crippen LogP contribution in [0.5, 0.6) is 0 Å². The van der Waals surface area contributed by atoms with Gasteiger partial charge in [-0.25, -0.2) is 4.79 Å². The van der Waals surface area contributed by atoms with Crippen molar-refractivity contribution in [3.05, 3.63) is 23.8 Å². The molecule has 94 valence electrons. The Bertz CT molecular complexity index is 444. The second-order valence-corrected chi connectivity index (χ2v) is 4.22. The minimum absolute atomic E-state index is 0.558. The van der Waals surface area contributed by atoms with Crippen molar-refractivity contribution in [2.45, 2.75) is 26.4 Å². The van der Waals surface area contributed by atoms with Crippen LogP contribution in [0, 0.1) is 17.7 Å². The molecule has 0 radical (unpaired) electrons. The Morgan fingerprint density at radius 2 is 1.94 bits per heavy atom. The lowest BCUT2D eigenvalue weighted by molar-refractivity contribution is 0.0635. The molecular weight excluding hydrogens is 237 g/mol. The normalized spacial score (nSPS) is 11.2. The summed E-state index contributed by atoms with van der Waals surface area (Å²) in [6.07, 6.45) is -1.01. The summed E-state index contributed by atoms with van der Waals surface area (Å²) in [5.41, 5.74) is -1.46. The number of hydrogen-bond donors (Lipinski definition) is 1. The van der Waals surface area contributed by atoms with Crippen molar-refractivity contribution >= 4 is 11.8 Å². The van der Waals surface area contributed by atoms with Crippen LogP contribution in [0.2, 0.25) is 0 Å². The van der Waals surface area contributed by atoms with E-state index in [1.54, 1.807) is 20.8 Å². The van der Waals surface area contributed by atoms with Crippen LogP contribution in [0.4, 0.5) is 23.7 Å². The van der Waals surface area contributed by atoms with Gasteiger partial charge < -0.3 is 4.74 Å². The van der Waals surface area contributed by atoms with Crippen LogP contribution in [0.3, 0.4) is 0 Å². The minimum Gasteiger partial charge on any atom is -0.444 e. The molecule has 0 bridgehead atoms. The molecule has 1 amide bonds. The van der Waals surface area contributed by atoms with E-state index >= 15 is 0 Å². The first-order chi connectivity index (χ1) is 7.69. The molecule has 0 aliphatic heterocycles. The summed E-state index contributed by atoms with van der Waals surface area (Å²) < 4.78 is 43.3. The summed E-state index contributed by atoms with van der Waals surface area (Å²) in [5.74, 6) is -4.32. The molecular formula is C10H11F3N2O2. The van der Waals surface area contributed by atoms with E-state index in [1.165, 1.54) is 0 Å². The number of carbonyl (C=O) groups excluding carboxylic acids is 1. The number of nitrogens with one attached hydrogen (secondary N) is 1. The highest BCUT2D eigenvalue weighted by Crippen LogP contribution is 2.18. The molecule has 0 spiro atoms. The Morgan fingerprint density at radius 3 is 2.47 bits per heavy atom. The van der Waals surface area contributed by atoms with E-state index in [1.807, 2.05) is 5.32 Å². The molecule has 1 N–H and O–H groups in total. The van der Waals surface area contributed by atoms with E-state index in [-0.39, 0.29) is 0 Å². The van der Waals surface area contributed by atoms with Crippen LogP contribution in [-0.2, 0) is 4.74 Å². The molecule has 7 heteroatoms. The fourth-order valence-electron chi connectivity index (χ4n) is 0.973. The number of anilines is 1. The lowest BCUT2D eigenvalue weighted by atomic mass is 10.2. The zero-order valence-electron chi connectivity index (χ0n) is 9.47. The molecule has 0 unspecified atom stereocenters. The molecule has 0 aromatic carbocycles. The third-order valence-corrected chi connectivity index (χ3v) is 1.52. The first-order valence-electron chi connectivity index (χ1n) is 4.70. The Kier molecular flexibility index (Phi) is 3.59. The van der Waals surface area contributed by atoms with E-state index in [2.05, 4.69) is 4.98 Å². The van der Waals surface area contributed by atoms with Crippen LogP contribution in [0.25, 0.3) is 0 Å². The van der Waals surface area contributed by atoms with Crippen molar-refractivity contribution in [2.75, 3.05) is 5.32 Å². The molecule has 1 aromatic heterocycles. The lowest BCUT2D eigenvalue weighted by Crippen LogP contribution is -2.27. The highest BCUT2D eigenvalue weighted by Gasteiger charge is 2.19. The third kappa shape index (κ3) is 3.93. The topological polar surface area (TPSA) is 51.2 Å². The van der Waals surface area contributed by atoms with Crippen molar-refractivity contribution in [3.63, 3.8) is 0 Å². The number of carbonyl (C=O) groups is 1. The van der Waals surface area contributed by atoms with Gasteiger partial charge in [-0.1, -0.05) is 0 Å². The van der Waals surface area contributed by atoms with Crippen LogP contribution in [0.1, 0.15) is 20.8 Å². The number of ether oxygens (including phenoxy) is 1. The zero-order valence-corrected chi connectivity index (χ0v) is 9.47. The van der Waals surface area contributed by atoms with Gasteiger partial charge in [-0.2, -0.15) is 18.2 Å². The van der Waals surface area contributed by atoms with E-state index in [0.717, 1.165) is 0 Å². The number of hydrogen-bond acceptors (Lipinski definition) is 3. The second-order valence-electron chi connectivity index (χ2n) is 4.22. The predicted octanol–water partition coefficient (Wildman–Crippen LogP) is 2.85. The molecule has 1 aromatic rings. The molecule has 0 aliphatic carbocycles. The molecule has 0 fully saturated rings. The van der Waals surface area contributed by atoms with Gasteiger partial charge >= 0.3 is 6.09 Å². The van der Waals surface area contributed by atoms with Crippen molar-refractivity contribution in [2.24, 2.45) is 0 Å². The largest absolute Gasteiger partial charge is 0.444 e. The van der Waals surface area contributed by atoms with E-state index < -0.39 is 35.1 Å². The van der Waals surface area contributed by atoms with Gasteiger partial charge in [0, 0.05) is 6.07 Å². The third-order valence-electron chi connectivity index (χ3n) is 1.52. The summed E-state index contributed by atoms with van der Waals surface area (Å²) in [6.45, 7) is 4.78. The number of halogens is 3. The molecule has 0 aliphatic rings. The average Bonchev–Trinajstić information content (AvgIpc) is 2.10. The van der Waals surface area contributed by atoms with Gasteiger partial charge in [0.15, 0.2) is 0 Å². The Balaban J connectivity index is 2.85. The maximum absolute atomic E-state index is 13.1. The van der Waals surface area contributed by atoms with Crippen LogP contribution < -0.4 is 5.32 Å². The lowest BCUT2D eigenvalue weighted by Gasteiger charge is -2.19. The summed E-state index contributed by atoms with van der Waals surface area (Å²) >= 11 is 0. The van der Waals surface area contributed by atoms with Crippen LogP contribution in [-0.4, -0.2) is 16.7 Å². The molecule has 17 heavy (non-hydrogen) atoms. The first-order valence-corrected chi connectivity index (χ1v) is 4.70.